The Morgan fingerprint density at radius 3 is 2.52 bits per heavy atom. The van der Waals surface area contributed by atoms with E-state index < -0.39 is 10.0 Å². The number of aromatic amines is 1. The Morgan fingerprint density at radius 2 is 1.88 bits per heavy atom. The molecule has 25 heavy (non-hydrogen) atoms. The van der Waals surface area contributed by atoms with Crippen molar-refractivity contribution < 1.29 is 13.2 Å². The van der Waals surface area contributed by atoms with Crippen molar-refractivity contribution in [1.82, 2.24) is 14.2 Å². The van der Waals surface area contributed by atoms with Crippen LogP contribution in [0.4, 0.5) is 0 Å². The lowest BCUT2D eigenvalue weighted by atomic mass is 10.2. The predicted octanol–water partition coefficient (Wildman–Crippen LogP) is 1.54. The molecule has 7 heteroatoms. The lowest BCUT2D eigenvalue weighted by Gasteiger charge is -2.34. The maximum atomic E-state index is 12.6. The van der Waals surface area contributed by atoms with Crippen molar-refractivity contribution in [3.63, 3.8) is 0 Å². The number of aromatic nitrogens is 1. The van der Waals surface area contributed by atoms with Gasteiger partial charge in [0.05, 0.1) is 12.2 Å². The highest BCUT2D eigenvalue weighted by molar-refractivity contribution is 7.88. The molecule has 2 heterocycles. The number of hydrogen-bond acceptors (Lipinski definition) is 3. The van der Waals surface area contributed by atoms with Crippen molar-refractivity contribution >= 4 is 15.9 Å². The summed E-state index contributed by atoms with van der Waals surface area (Å²) in [6.45, 7) is 3.53. The Morgan fingerprint density at radius 1 is 1.12 bits per heavy atom. The number of hydrogen-bond donors (Lipinski definition) is 1. The molecule has 0 unspecified atom stereocenters. The second-order valence-electron chi connectivity index (χ2n) is 6.40. The van der Waals surface area contributed by atoms with E-state index in [1.165, 1.54) is 4.31 Å². The minimum atomic E-state index is -3.36. The highest BCUT2D eigenvalue weighted by Crippen LogP contribution is 2.15. The maximum Gasteiger partial charge on any atom is 0.228 e. The van der Waals surface area contributed by atoms with Gasteiger partial charge in [0.1, 0.15) is 0 Å². The van der Waals surface area contributed by atoms with Crippen LogP contribution in [0, 0.1) is 6.92 Å². The second-order valence-corrected chi connectivity index (χ2v) is 8.37. The number of amides is 1. The first-order valence-corrected chi connectivity index (χ1v) is 9.98. The first-order chi connectivity index (χ1) is 11.9. The monoisotopic (exact) mass is 361 g/mol. The molecule has 1 amide bonds. The number of rotatable bonds is 5. The number of nitrogens with zero attached hydrogens (tertiary/aromatic N) is 2. The van der Waals surface area contributed by atoms with Gasteiger partial charge in [-0.1, -0.05) is 29.8 Å². The van der Waals surface area contributed by atoms with E-state index in [1.54, 1.807) is 11.1 Å². The molecule has 0 spiro atoms. The van der Waals surface area contributed by atoms with Gasteiger partial charge in [0.2, 0.25) is 15.9 Å². The molecular weight excluding hydrogens is 338 g/mol. The molecule has 0 aliphatic carbocycles. The third kappa shape index (κ3) is 4.49. The summed E-state index contributed by atoms with van der Waals surface area (Å²) in [5.41, 5.74) is 2.72. The minimum Gasteiger partial charge on any atom is -0.365 e. The summed E-state index contributed by atoms with van der Waals surface area (Å²) in [5.74, 6) is 0.0312. The van der Waals surface area contributed by atoms with Gasteiger partial charge >= 0.3 is 0 Å². The molecule has 134 valence electrons. The first-order valence-electron chi connectivity index (χ1n) is 8.37. The molecule has 0 radical (unpaired) electrons. The van der Waals surface area contributed by atoms with Crippen LogP contribution in [0.3, 0.4) is 0 Å². The molecule has 6 nitrogen and oxygen atoms in total. The Bertz CT molecular complexity index is 823. The zero-order valence-corrected chi connectivity index (χ0v) is 15.1. The minimum absolute atomic E-state index is 0.00506. The Hall–Kier alpha value is -2.12. The van der Waals surface area contributed by atoms with E-state index in [0.29, 0.717) is 32.6 Å². The summed E-state index contributed by atoms with van der Waals surface area (Å²) >= 11 is 0. The largest absolute Gasteiger partial charge is 0.365 e. The lowest BCUT2D eigenvalue weighted by molar-refractivity contribution is -0.131. The Labute approximate surface area is 148 Å². The van der Waals surface area contributed by atoms with Crippen LogP contribution < -0.4 is 0 Å². The van der Waals surface area contributed by atoms with Crippen molar-refractivity contribution in [3.05, 3.63) is 59.4 Å². The molecule has 1 aromatic heterocycles. The molecule has 3 rings (SSSR count). The zero-order valence-electron chi connectivity index (χ0n) is 14.3. The summed E-state index contributed by atoms with van der Waals surface area (Å²) in [5, 5.41) is 0. The molecule has 1 aliphatic heterocycles. The predicted molar refractivity (Wildman–Crippen MR) is 96.5 cm³/mol. The van der Waals surface area contributed by atoms with Gasteiger partial charge in [-0.25, -0.2) is 8.42 Å². The standard InChI is InChI=1S/C18H23N3O3S/c1-15-4-2-5-16(12-15)14-25(23,24)21-10-8-20(9-11-21)18(22)13-17-6-3-7-19-17/h2-7,12,19H,8-11,13-14H2,1H3. The molecule has 1 fully saturated rings. The van der Waals surface area contributed by atoms with Crippen LogP contribution in [0.2, 0.25) is 0 Å². The van der Waals surface area contributed by atoms with Gasteiger partial charge in [0, 0.05) is 38.1 Å². The Kier molecular flexibility index (Phi) is 5.24. The average molecular weight is 361 g/mol. The molecule has 1 N–H and O–H groups in total. The van der Waals surface area contributed by atoms with Crippen molar-refractivity contribution in [2.75, 3.05) is 26.2 Å². The van der Waals surface area contributed by atoms with Gasteiger partial charge < -0.3 is 9.88 Å². The summed E-state index contributed by atoms with van der Waals surface area (Å²) < 4.78 is 26.7. The van der Waals surface area contributed by atoms with Gasteiger partial charge in [-0.2, -0.15) is 4.31 Å². The number of aryl methyl sites for hydroxylation is 1. The number of nitrogens with one attached hydrogen (secondary N) is 1. The molecular formula is C18H23N3O3S. The molecule has 1 aliphatic rings. The third-order valence-electron chi connectivity index (χ3n) is 4.42. The molecule has 1 saturated heterocycles. The van der Waals surface area contributed by atoms with Crippen LogP contribution in [0.5, 0.6) is 0 Å². The summed E-state index contributed by atoms with van der Waals surface area (Å²) in [6, 6.07) is 11.3. The van der Waals surface area contributed by atoms with Gasteiger partial charge in [-0.15, -0.1) is 0 Å². The fourth-order valence-electron chi connectivity index (χ4n) is 3.07. The number of benzene rings is 1. The highest BCUT2D eigenvalue weighted by Gasteiger charge is 2.29. The maximum absolute atomic E-state index is 12.6. The fourth-order valence-corrected chi connectivity index (χ4v) is 4.57. The topological polar surface area (TPSA) is 73.5 Å². The van der Waals surface area contributed by atoms with E-state index in [2.05, 4.69) is 4.98 Å². The SMILES string of the molecule is Cc1cccc(CS(=O)(=O)N2CCN(C(=O)Cc3ccc[nH]3)CC2)c1. The second kappa shape index (κ2) is 7.41. The Balaban J connectivity index is 1.56. The summed E-state index contributed by atoms with van der Waals surface area (Å²) in [4.78, 5) is 17.0. The first kappa shape index (κ1) is 17.7. The third-order valence-corrected chi connectivity index (χ3v) is 6.27. The normalized spacial score (nSPS) is 16.1. The number of sulfonamides is 1. The van der Waals surface area contributed by atoms with Crippen molar-refractivity contribution in [2.45, 2.75) is 19.1 Å². The quantitative estimate of drug-likeness (QED) is 0.878. The average Bonchev–Trinajstić information content (AvgIpc) is 3.07. The number of carbonyl (C=O) groups excluding carboxylic acids is 1. The van der Waals surface area contributed by atoms with Crippen molar-refractivity contribution in [2.24, 2.45) is 0 Å². The molecule has 0 atom stereocenters. The number of H-pyrrole nitrogens is 1. The lowest BCUT2D eigenvalue weighted by Crippen LogP contribution is -2.51. The summed E-state index contributed by atoms with van der Waals surface area (Å²) in [7, 11) is -3.36. The van der Waals surface area contributed by atoms with Crippen LogP contribution in [-0.4, -0.2) is 54.7 Å². The van der Waals surface area contributed by atoms with Crippen LogP contribution in [-0.2, 0) is 27.0 Å². The van der Waals surface area contributed by atoms with Crippen molar-refractivity contribution in [3.8, 4) is 0 Å². The van der Waals surface area contributed by atoms with E-state index in [4.69, 9.17) is 0 Å². The van der Waals surface area contributed by atoms with Crippen LogP contribution in [0.1, 0.15) is 16.8 Å². The van der Waals surface area contributed by atoms with Crippen LogP contribution in [0.15, 0.2) is 42.6 Å². The molecule has 2 aromatic rings. The number of carbonyl (C=O) groups is 1. The summed E-state index contributed by atoms with van der Waals surface area (Å²) in [6.07, 6.45) is 2.11. The van der Waals surface area contributed by atoms with Gasteiger partial charge in [0.15, 0.2) is 0 Å². The van der Waals surface area contributed by atoms with Gasteiger partial charge in [0.25, 0.3) is 0 Å². The van der Waals surface area contributed by atoms with Gasteiger partial charge in [-0.05, 0) is 24.6 Å². The number of piperazine rings is 1. The molecule has 1 aromatic carbocycles. The van der Waals surface area contributed by atoms with E-state index in [9.17, 15) is 13.2 Å². The molecule has 0 saturated carbocycles. The van der Waals surface area contributed by atoms with E-state index in [0.717, 1.165) is 16.8 Å². The molecule has 0 bridgehead atoms. The van der Waals surface area contributed by atoms with E-state index >= 15 is 0 Å². The highest BCUT2D eigenvalue weighted by atomic mass is 32.2. The zero-order chi connectivity index (χ0) is 17.9. The van der Waals surface area contributed by atoms with Gasteiger partial charge in [-0.3, -0.25) is 4.79 Å². The van der Waals surface area contributed by atoms with E-state index in [1.807, 2.05) is 43.3 Å². The van der Waals surface area contributed by atoms with Crippen LogP contribution >= 0.6 is 0 Å². The fraction of sp³-hybridized carbons (Fsp3) is 0.389. The van der Waals surface area contributed by atoms with Crippen LogP contribution in [0.25, 0.3) is 0 Å². The van der Waals surface area contributed by atoms with E-state index in [-0.39, 0.29) is 11.7 Å². The van der Waals surface area contributed by atoms with Crippen molar-refractivity contribution in [1.29, 1.82) is 0 Å². The smallest absolute Gasteiger partial charge is 0.228 e.